The van der Waals surface area contributed by atoms with Gasteiger partial charge in [0.2, 0.25) is 0 Å². The number of rotatable bonds is 4. The van der Waals surface area contributed by atoms with Gasteiger partial charge in [-0.2, -0.15) is 0 Å². The van der Waals surface area contributed by atoms with Crippen LogP contribution in [0.5, 0.6) is 5.75 Å². The largest absolute Gasteiger partial charge is 0.491 e. The lowest BCUT2D eigenvalue weighted by atomic mass is 10.1. The van der Waals surface area contributed by atoms with Gasteiger partial charge in [0, 0.05) is 11.8 Å². The Hall–Kier alpha value is -1.78. The maximum absolute atomic E-state index is 13.3. The molecule has 1 aromatic rings. The van der Waals surface area contributed by atoms with Crippen molar-refractivity contribution < 1.29 is 18.7 Å². The number of carbonyl (C=O) groups excluding carboxylic acids is 1. The number of anilines is 1. The second kappa shape index (κ2) is 5.34. The molecule has 0 aromatic heterocycles. The highest BCUT2D eigenvalue weighted by Crippen LogP contribution is 2.24. The molecule has 88 valence electrons. The lowest BCUT2D eigenvalue weighted by Crippen LogP contribution is -2.09. The van der Waals surface area contributed by atoms with Crippen LogP contribution in [0.2, 0.25) is 0 Å². The maximum Gasteiger partial charge on any atom is 0.340 e. The minimum absolute atomic E-state index is 0.000229. The molecule has 0 aliphatic carbocycles. The minimum Gasteiger partial charge on any atom is -0.491 e. The molecule has 1 aromatic carbocycles. The number of hydrogen-bond donors (Lipinski definition) is 1. The monoisotopic (exact) mass is 227 g/mol. The van der Waals surface area contributed by atoms with Crippen molar-refractivity contribution >= 4 is 11.7 Å². The summed E-state index contributed by atoms with van der Waals surface area (Å²) in [7, 11) is 0. The van der Waals surface area contributed by atoms with Gasteiger partial charge in [-0.1, -0.05) is 0 Å². The number of nitrogens with two attached hydrogens (primary N) is 1. The van der Waals surface area contributed by atoms with Gasteiger partial charge in [0.25, 0.3) is 0 Å². The Kier molecular flexibility index (Phi) is 4.10. The predicted octanol–water partition coefficient (Wildman–Crippen LogP) is 1.98. The van der Waals surface area contributed by atoms with E-state index in [9.17, 15) is 9.18 Å². The summed E-state index contributed by atoms with van der Waals surface area (Å²) in [5.41, 5.74) is 5.68. The predicted molar refractivity (Wildman–Crippen MR) is 57.9 cm³/mol. The third-order valence-electron chi connectivity index (χ3n) is 1.90. The van der Waals surface area contributed by atoms with Crippen LogP contribution in [0.3, 0.4) is 0 Å². The van der Waals surface area contributed by atoms with E-state index in [1.165, 1.54) is 6.07 Å². The van der Waals surface area contributed by atoms with E-state index in [2.05, 4.69) is 0 Å². The van der Waals surface area contributed by atoms with E-state index in [1.807, 2.05) is 0 Å². The summed E-state index contributed by atoms with van der Waals surface area (Å²) in [4.78, 5) is 11.5. The number of halogens is 1. The van der Waals surface area contributed by atoms with Crippen LogP contribution in [0, 0.1) is 5.82 Å². The lowest BCUT2D eigenvalue weighted by molar-refractivity contribution is 0.0527. The number of ether oxygens (including phenoxy) is 2. The zero-order valence-electron chi connectivity index (χ0n) is 9.25. The fraction of sp³-hybridized carbons (Fsp3) is 0.364. The first-order valence-electron chi connectivity index (χ1n) is 4.99. The van der Waals surface area contributed by atoms with Gasteiger partial charge in [0.05, 0.1) is 18.8 Å². The first kappa shape index (κ1) is 12.3. The fourth-order valence-electron chi connectivity index (χ4n) is 1.22. The van der Waals surface area contributed by atoms with Crippen molar-refractivity contribution in [2.45, 2.75) is 13.8 Å². The molecular formula is C11H14FNO3. The highest BCUT2D eigenvalue weighted by molar-refractivity contribution is 5.95. The molecule has 0 amide bonds. The van der Waals surface area contributed by atoms with Gasteiger partial charge in [-0.3, -0.25) is 0 Å². The van der Waals surface area contributed by atoms with E-state index in [0.717, 1.165) is 6.07 Å². The molecule has 0 radical (unpaired) electrons. The topological polar surface area (TPSA) is 61.5 Å². The smallest absolute Gasteiger partial charge is 0.340 e. The normalized spacial score (nSPS) is 9.94. The van der Waals surface area contributed by atoms with Crippen LogP contribution >= 0.6 is 0 Å². The van der Waals surface area contributed by atoms with Crippen molar-refractivity contribution in [3.63, 3.8) is 0 Å². The summed E-state index contributed by atoms with van der Waals surface area (Å²) in [6.45, 7) is 3.95. The van der Waals surface area contributed by atoms with E-state index in [0.29, 0.717) is 6.61 Å². The van der Waals surface area contributed by atoms with E-state index in [-0.39, 0.29) is 23.6 Å². The summed E-state index contributed by atoms with van der Waals surface area (Å²) in [6.07, 6.45) is 0. The van der Waals surface area contributed by atoms with Crippen LogP contribution in [0.1, 0.15) is 24.2 Å². The van der Waals surface area contributed by atoms with Crippen LogP contribution in [-0.2, 0) is 4.74 Å². The van der Waals surface area contributed by atoms with Crippen LogP contribution in [0.15, 0.2) is 12.1 Å². The third kappa shape index (κ3) is 2.62. The molecule has 4 nitrogen and oxygen atoms in total. The highest BCUT2D eigenvalue weighted by Gasteiger charge is 2.15. The Bertz CT molecular complexity index is 393. The first-order valence-corrected chi connectivity index (χ1v) is 4.99. The minimum atomic E-state index is -0.590. The zero-order chi connectivity index (χ0) is 12.1. The Morgan fingerprint density at radius 3 is 2.62 bits per heavy atom. The third-order valence-corrected chi connectivity index (χ3v) is 1.90. The molecule has 0 atom stereocenters. The van der Waals surface area contributed by atoms with Gasteiger partial charge in [0.1, 0.15) is 0 Å². The number of benzene rings is 1. The molecule has 0 saturated carbocycles. The summed E-state index contributed by atoms with van der Waals surface area (Å²) in [5.74, 6) is -1.17. The van der Waals surface area contributed by atoms with Gasteiger partial charge in [-0.05, 0) is 19.9 Å². The van der Waals surface area contributed by atoms with E-state index < -0.39 is 11.8 Å². The van der Waals surface area contributed by atoms with Crippen molar-refractivity contribution in [2.24, 2.45) is 0 Å². The highest BCUT2D eigenvalue weighted by atomic mass is 19.1. The fourth-order valence-corrected chi connectivity index (χ4v) is 1.22. The zero-order valence-corrected chi connectivity index (χ0v) is 9.25. The van der Waals surface area contributed by atoms with Gasteiger partial charge in [-0.25, -0.2) is 9.18 Å². The molecule has 16 heavy (non-hydrogen) atoms. The van der Waals surface area contributed by atoms with Crippen LogP contribution in [0.25, 0.3) is 0 Å². The quantitative estimate of drug-likeness (QED) is 0.631. The first-order chi connectivity index (χ1) is 7.60. The summed E-state index contributed by atoms with van der Waals surface area (Å²) in [5, 5.41) is 0. The van der Waals surface area contributed by atoms with Crippen molar-refractivity contribution in [1.82, 2.24) is 0 Å². The van der Waals surface area contributed by atoms with Gasteiger partial charge >= 0.3 is 5.97 Å². The molecule has 0 saturated heterocycles. The standard InChI is InChI=1S/C11H14FNO3/c1-3-15-10-5-7(11(14)16-4-2)9(13)6-8(10)12/h5-6H,3-4,13H2,1-2H3. The Labute approximate surface area is 93.2 Å². The van der Waals surface area contributed by atoms with E-state index >= 15 is 0 Å². The summed E-state index contributed by atoms with van der Waals surface area (Å²) >= 11 is 0. The number of esters is 1. The van der Waals surface area contributed by atoms with E-state index in [4.69, 9.17) is 15.2 Å². The van der Waals surface area contributed by atoms with Crippen LogP contribution in [-0.4, -0.2) is 19.2 Å². The van der Waals surface area contributed by atoms with Crippen LogP contribution < -0.4 is 10.5 Å². The van der Waals surface area contributed by atoms with Crippen molar-refractivity contribution in [3.8, 4) is 5.75 Å². The number of nitrogen functional groups attached to an aromatic ring is 1. The Morgan fingerprint density at radius 1 is 1.38 bits per heavy atom. The SMILES string of the molecule is CCOC(=O)c1cc(OCC)c(F)cc1N. The number of hydrogen-bond acceptors (Lipinski definition) is 4. The van der Waals surface area contributed by atoms with Gasteiger partial charge in [-0.15, -0.1) is 0 Å². The molecule has 2 N–H and O–H groups in total. The molecule has 5 heteroatoms. The Balaban J connectivity index is 3.08. The van der Waals surface area contributed by atoms with Crippen molar-refractivity contribution in [1.29, 1.82) is 0 Å². The van der Waals surface area contributed by atoms with Crippen LogP contribution in [0.4, 0.5) is 10.1 Å². The maximum atomic E-state index is 13.3. The van der Waals surface area contributed by atoms with Crippen molar-refractivity contribution in [3.05, 3.63) is 23.5 Å². The number of carbonyl (C=O) groups is 1. The molecule has 0 spiro atoms. The average molecular weight is 227 g/mol. The molecule has 0 heterocycles. The van der Waals surface area contributed by atoms with Gasteiger partial charge < -0.3 is 15.2 Å². The lowest BCUT2D eigenvalue weighted by Gasteiger charge is -2.09. The van der Waals surface area contributed by atoms with Gasteiger partial charge in [0.15, 0.2) is 11.6 Å². The molecule has 1 rings (SSSR count). The molecule has 0 unspecified atom stereocenters. The second-order valence-electron chi connectivity index (χ2n) is 3.02. The molecule has 0 aliphatic rings. The Morgan fingerprint density at radius 2 is 2.06 bits per heavy atom. The average Bonchev–Trinajstić information content (AvgIpc) is 2.22. The second-order valence-corrected chi connectivity index (χ2v) is 3.02. The molecule has 0 bridgehead atoms. The summed E-state index contributed by atoms with van der Waals surface area (Å²) < 4.78 is 23.1. The molecule has 0 aliphatic heterocycles. The van der Waals surface area contributed by atoms with Crippen molar-refractivity contribution in [2.75, 3.05) is 18.9 Å². The molecule has 0 fully saturated rings. The summed E-state index contributed by atoms with van der Waals surface area (Å²) in [6, 6.07) is 2.31. The molecular weight excluding hydrogens is 213 g/mol. The van der Waals surface area contributed by atoms with E-state index in [1.54, 1.807) is 13.8 Å².